The fourth-order valence-corrected chi connectivity index (χ4v) is 2.81. The van der Waals surface area contributed by atoms with Crippen molar-refractivity contribution in [2.24, 2.45) is 0 Å². The zero-order valence-corrected chi connectivity index (χ0v) is 16.9. The molecule has 0 heterocycles. The SMILES string of the molecule is CCCCCCCCCCCCCC[CH]CS(=O)(=O)[O-].[Na+]. The van der Waals surface area contributed by atoms with Gasteiger partial charge in [0.2, 0.25) is 0 Å². The average Bonchev–Trinajstić information content (AvgIpc) is 2.38. The predicted molar refractivity (Wildman–Crippen MR) is 84.6 cm³/mol. The van der Waals surface area contributed by atoms with E-state index in [0.717, 1.165) is 19.3 Å². The molecule has 0 aromatic carbocycles. The fraction of sp³-hybridized carbons (Fsp3) is 0.938. The van der Waals surface area contributed by atoms with Crippen molar-refractivity contribution < 1.29 is 42.5 Å². The Kier molecular flexibility index (Phi) is 19.9. The van der Waals surface area contributed by atoms with Crippen molar-refractivity contribution in [3.05, 3.63) is 6.42 Å². The van der Waals surface area contributed by atoms with Crippen molar-refractivity contribution in [1.29, 1.82) is 0 Å². The van der Waals surface area contributed by atoms with Gasteiger partial charge in [0.15, 0.2) is 0 Å². The molecule has 0 rings (SSSR count). The zero-order chi connectivity index (χ0) is 15.1. The number of rotatable bonds is 15. The summed E-state index contributed by atoms with van der Waals surface area (Å²) in [5.74, 6) is -0.314. The summed E-state index contributed by atoms with van der Waals surface area (Å²) in [6, 6.07) is 0. The number of hydrogen-bond donors (Lipinski definition) is 0. The standard InChI is InChI=1S/C16H33O3S.Na/c1-2-3-4-5-6-7-8-9-10-11-12-13-14-15-16-20(17,18)19;/h15H,2-14,16H2,1H3,(H,17,18,19);/q;+1/p-1. The first-order valence-corrected chi connectivity index (χ1v) is 9.89. The Morgan fingerprint density at radius 1 is 0.762 bits per heavy atom. The molecule has 0 aliphatic carbocycles. The molecule has 21 heavy (non-hydrogen) atoms. The largest absolute Gasteiger partial charge is 1.00 e. The van der Waals surface area contributed by atoms with E-state index >= 15 is 0 Å². The Bertz CT molecular complexity index is 292. The number of unbranched alkanes of at least 4 members (excludes halogenated alkanes) is 13. The van der Waals surface area contributed by atoms with E-state index in [-0.39, 0.29) is 35.3 Å². The molecule has 0 spiro atoms. The van der Waals surface area contributed by atoms with Gasteiger partial charge in [-0.15, -0.1) is 0 Å². The third-order valence-corrected chi connectivity index (χ3v) is 4.23. The summed E-state index contributed by atoms with van der Waals surface area (Å²) in [6.07, 6.45) is 17.9. The van der Waals surface area contributed by atoms with Crippen LogP contribution in [-0.2, 0) is 10.1 Å². The topological polar surface area (TPSA) is 57.2 Å². The van der Waals surface area contributed by atoms with Crippen molar-refractivity contribution in [3.8, 4) is 0 Å². The molecule has 5 heteroatoms. The maximum absolute atomic E-state index is 10.4. The molecule has 0 aliphatic heterocycles. The van der Waals surface area contributed by atoms with Crippen LogP contribution in [0.1, 0.15) is 90.4 Å². The van der Waals surface area contributed by atoms with Crippen LogP contribution >= 0.6 is 0 Å². The fourth-order valence-electron chi connectivity index (χ4n) is 2.36. The van der Waals surface area contributed by atoms with Gasteiger partial charge in [-0.25, -0.2) is 8.42 Å². The van der Waals surface area contributed by atoms with Gasteiger partial charge in [-0.1, -0.05) is 84.0 Å². The van der Waals surface area contributed by atoms with Crippen LogP contribution in [0.15, 0.2) is 0 Å². The molecule has 0 aromatic heterocycles. The van der Waals surface area contributed by atoms with Crippen molar-refractivity contribution in [2.75, 3.05) is 5.75 Å². The molecule has 0 N–H and O–H groups in total. The van der Waals surface area contributed by atoms with E-state index in [1.54, 1.807) is 6.42 Å². The summed E-state index contributed by atoms with van der Waals surface area (Å²) in [6.45, 7) is 2.25. The minimum atomic E-state index is -4.05. The Labute approximate surface area is 154 Å². The van der Waals surface area contributed by atoms with E-state index in [1.807, 2.05) is 0 Å². The van der Waals surface area contributed by atoms with Crippen LogP contribution in [0, 0.1) is 6.42 Å². The molecular formula is C16H32NaO3S. The quantitative estimate of drug-likeness (QED) is 0.262. The summed E-state index contributed by atoms with van der Waals surface area (Å²) in [5, 5.41) is 0. The average molecular weight is 327 g/mol. The summed E-state index contributed by atoms with van der Waals surface area (Å²) in [4.78, 5) is 0. The van der Waals surface area contributed by atoms with Crippen molar-refractivity contribution in [3.63, 3.8) is 0 Å². The first-order valence-electron chi connectivity index (χ1n) is 8.31. The second kappa shape index (κ2) is 17.3. The Hall–Kier alpha value is 0.910. The van der Waals surface area contributed by atoms with Crippen LogP contribution in [0.4, 0.5) is 0 Å². The Morgan fingerprint density at radius 2 is 1.14 bits per heavy atom. The predicted octanol–water partition coefficient (Wildman–Crippen LogP) is 1.83. The third kappa shape index (κ3) is 23.3. The van der Waals surface area contributed by atoms with Crippen LogP contribution < -0.4 is 29.6 Å². The van der Waals surface area contributed by atoms with Gasteiger partial charge in [-0.2, -0.15) is 0 Å². The maximum atomic E-state index is 10.4. The summed E-state index contributed by atoms with van der Waals surface area (Å²) in [7, 11) is -4.05. The van der Waals surface area contributed by atoms with Gasteiger partial charge in [-0.3, -0.25) is 0 Å². The van der Waals surface area contributed by atoms with Gasteiger partial charge >= 0.3 is 29.6 Å². The molecule has 3 nitrogen and oxygen atoms in total. The minimum absolute atomic E-state index is 0. The monoisotopic (exact) mass is 327 g/mol. The first kappa shape index (κ1) is 24.2. The van der Waals surface area contributed by atoms with Gasteiger partial charge in [0, 0.05) is 5.75 Å². The van der Waals surface area contributed by atoms with E-state index in [0.29, 0.717) is 0 Å². The molecule has 0 aliphatic rings. The molecule has 121 valence electrons. The molecule has 0 unspecified atom stereocenters. The zero-order valence-electron chi connectivity index (χ0n) is 14.1. The second-order valence-corrected chi connectivity index (χ2v) is 7.14. The van der Waals surface area contributed by atoms with Gasteiger partial charge < -0.3 is 4.55 Å². The van der Waals surface area contributed by atoms with E-state index in [9.17, 15) is 13.0 Å². The normalized spacial score (nSPS) is 11.3. The van der Waals surface area contributed by atoms with Crippen LogP contribution in [0.25, 0.3) is 0 Å². The van der Waals surface area contributed by atoms with Crippen molar-refractivity contribution in [2.45, 2.75) is 90.4 Å². The molecule has 1 radical (unpaired) electrons. The van der Waals surface area contributed by atoms with Gasteiger partial charge in [0.05, 0.1) is 10.1 Å². The van der Waals surface area contributed by atoms with Crippen molar-refractivity contribution >= 4 is 10.1 Å². The van der Waals surface area contributed by atoms with E-state index in [4.69, 9.17) is 0 Å². The first-order chi connectivity index (χ1) is 9.56. The summed E-state index contributed by atoms with van der Waals surface area (Å²) in [5.41, 5.74) is 0. The Balaban J connectivity index is 0. The maximum Gasteiger partial charge on any atom is 1.00 e. The molecule has 0 saturated heterocycles. The van der Waals surface area contributed by atoms with Gasteiger partial charge in [0.25, 0.3) is 0 Å². The molecule has 0 fully saturated rings. The van der Waals surface area contributed by atoms with Crippen LogP contribution in [0.2, 0.25) is 0 Å². The van der Waals surface area contributed by atoms with E-state index in [1.165, 1.54) is 64.2 Å². The molecule has 0 aromatic rings. The van der Waals surface area contributed by atoms with Gasteiger partial charge in [-0.05, 0) is 12.8 Å². The van der Waals surface area contributed by atoms with Crippen LogP contribution in [-0.4, -0.2) is 18.7 Å². The molecule has 0 atom stereocenters. The van der Waals surface area contributed by atoms with Gasteiger partial charge in [0.1, 0.15) is 0 Å². The minimum Gasteiger partial charge on any atom is -0.748 e. The van der Waals surface area contributed by atoms with E-state index in [2.05, 4.69) is 6.92 Å². The van der Waals surface area contributed by atoms with Crippen LogP contribution in [0.3, 0.4) is 0 Å². The summed E-state index contributed by atoms with van der Waals surface area (Å²) < 4.78 is 31.1. The van der Waals surface area contributed by atoms with Crippen LogP contribution in [0.5, 0.6) is 0 Å². The van der Waals surface area contributed by atoms with Crippen molar-refractivity contribution in [1.82, 2.24) is 0 Å². The summed E-state index contributed by atoms with van der Waals surface area (Å²) >= 11 is 0. The van der Waals surface area contributed by atoms with E-state index < -0.39 is 10.1 Å². The number of hydrogen-bond acceptors (Lipinski definition) is 3. The second-order valence-electron chi connectivity index (χ2n) is 5.69. The Morgan fingerprint density at radius 3 is 1.52 bits per heavy atom. The molecular weight excluding hydrogens is 295 g/mol. The molecule has 0 bridgehead atoms. The molecule has 0 saturated carbocycles. The molecule has 0 amide bonds. The smallest absolute Gasteiger partial charge is 0.748 e. The third-order valence-electron chi connectivity index (χ3n) is 3.58.